The zero-order chi connectivity index (χ0) is 13.8. The minimum Gasteiger partial charge on any atom is -0.491 e. The Kier molecular flexibility index (Phi) is 4.70. The van der Waals surface area contributed by atoms with Crippen LogP contribution in [0.4, 0.5) is 4.39 Å². The molecule has 0 aliphatic carbocycles. The van der Waals surface area contributed by atoms with E-state index in [2.05, 4.69) is 5.32 Å². The highest BCUT2D eigenvalue weighted by Gasteiger charge is 2.20. The van der Waals surface area contributed by atoms with Crippen LogP contribution < -0.4 is 10.1 Å². The summed E-state index contributed by atoms with van der Waals surface area (Å²) in [6, 6.07) is 4.71. The SMILES string of the molecule is CCOc1ccc(CNC(=O)C(C)(C)C)cc1F. The first-order valence-corrected chi connectivity index (χ1v) is 6.04. The van der Waals surface area contributed by atoms with Crippen LogP contribution in [0.15, 0.2) is 18.2 Å². The van der Waals surface area contributed by atoms with Gasteiger partial charge in [0.05, 0.1) is 6.61 Å². The molecular formula is C14H20FNO2. The molecule has 1 rings (SSSR count). The maximum Gasteiger partial charge on any atom is 0.225 e. The summed E-state index contributed by atoms with van der Waals surface area (Å²) in [6.45, 7) is 8.05. The van der Waals surface area contributed by atoms with Crippen LogP contribution in [-0.4, -0.2) is 12.5 Å². The Labute approximate surface area is 107 Å². The van der Waals surface area contributed by atoms with Gasteiger partial charge in [-0.05, 0) is 24.6 Å². The fraction of sp³-hybridized carbons (Fsp3) is 0.500. The highest BCUT2D eigenvalue weighted by Crippen LogP contribution is 2.19. The lowest BCUT2D eigenvalue weighted by Crippen LogP contribution is -2.34. The van der Waals surface area contributed by atoms with Gasteiger partial charge < -0.3 is 10.1 Å². The third kappa shape index (κ3) is 4.02. The van der Waals surface area contributed by atoms with Crippen LogP contribution in [-0.2, 0) is 11.3 Å². The molecule has 0 fully saturated rings. The summed E-state index contributed by atoms with van der Waals surface area (Å²) >= 11 is 0. The van der Waals surface area contributed by atoms with Crippen LogP contribution in [0, 0.1) is 11.2 Å². The lowest BCUT2D eigenvalue weighted by Gasteiger charge is -2.17. The van der Waals surface area contributed by atoms with Crippen LogP contribution in [0.1, 0.15) is 33.3 Å². The van der Waals surface area contributed by atoms with Gasteiger partial charge in [0.2, 0.25) is 5.91 Å². The molecule has 0 atom stereocenters. The van der Waals surface area contributed by atoms with Gasteiger partial charge in [-0.3, -0.25) is 4.79 Å². The number of amides is 1. The Bertz CT molecular complexity index is 424. The molecule has 0 aliphatic heterocycles. The molecule has 3 nitrogen and oxygen atoms in total. The van der Waals surface area contributed by atoms with Gasteiger partial charge in [0, 0.05) is 12.0 Å². The van der Waals surface area contributed by atoms with E-state index >= 15 is 0 Å². The molecule has 0 radical (unpaired) electrons. The predicted molar refractivity (Wildman–Crippen MR) is 68.9 cm³/mol. The Balaban J connectivity index is 2.64. The third-order valence-corrected chi connectivity index (χ3v) is 2.43. The van der Waals surface area contributed by atoms with Crippen LogP contribution in [0.5, 0.6) is 5.75 Å². The van der Waals surface area contributed by atoms with Crippen molar-refractivity contribution in [2.45, 2.75) is 34.2 Å². The number of ether oxygens (including phenoxy) is 1. The van der Waals surface area contributed by atoms with Crippen molar-refractivity contribution in [2.24, 2.45) is 5.41 Å². The smallest absolute Gasteiger partial charge is 0.225 e. The van der Waals surface area contributed by atoms with Gasteiger partial charge in [-0.2, -0.15) is 0 Å². The maximum atomic E-state index is 13.6. The number of carbonyl (C=O) groups is 1. The average molecular weight is 253 g/mol. The van der Waals surface area contributed by atoms with Crippen LogP contribution in [0.3, 0.4) is 0 Å². The summed E-state index contributed by atoms with van der Waals surface area (Å²) in [5, 5.41) is 2.77. The molecule has 0 saturated heterocycles. The largest absolute Gasteiger partial charge is 0.491 e. The molecule has 1 aromatic carbocycles. The van der Waals surface area contributed by atoms with Crippen LogP contribution in [0.25, 0.3) is 0 Å². The highest BCUT2D eigenvalue weighted by atomic mass is 19.1. The van der Waals surface area contributed by atoms with E-state index in [0.29, 0.717) is 18.7 Å². The molecule has 4 heteroatoms. The van der Waals surface area contributed by atoms with E-state index in [1.54, 1.807) is 19.1 Å². The molecule has 0 bridgehead atoms. The lowest BCUT2D eigenvalue weighted by molar-refractivity contribution is -0.128. The monoisotopic (exact) mass is 253 g/mol. The van der Waals surface area contributed by atoms with Crippen molar-refractivity contribution in [3.63, 3.8) is 0 Å². The summed E-state index contributed by atoms with van der Waals surface area (Å²) in [5.74, 6) is -0.223. The molecule has 100 valence electrons. The first-order valence-electron chi connectivity index (χ1n) is 6.04. The number of hydrogen-bond acceptors (Lipinski definition) is 2. The maximum absolute atomic E-state index is 13.6. The second kappa shape index (κ2) is 5.85. The predicted octanol–water partition coefficient (Wildman–Crippen LogP) is 2.89. The molecule has 0 aromatic heterocycles. The number of rotatable bonds is 4. The molecule has 1 amide bonds. The molecule has 0 aliphatic rings. The van der Waals surface area contributed by atoms with E-state index in [0.717, 1.165) is 0 Å². The zero-order valence-electron chi connectivity index (χ0n) is 11.3. The zero-order valence-corrected chi connectivity index (χ0v) is 11.3. The average Bonchev–Trinajstić information content (AvgIpc) is 2.28. The van der Waals surface area contributed by atoms with Crippen molar-refractivity contribution >= 4 is 5.91 Å². The summed E-state index contributed by atoms with van der Waals surface area (Å²) < 4.78 is 18.7. The van der Waals surface area contributed by atoms with Crippen LogP contribution >= 0.6 is 0 Å². The van der Waals surface area contributed by atoms with Crippen LogP contribution in [0.2, 0.25) is 0 Å². The molecule has 0 heterocycles. The standard InChI is InChI=1S/C14H20FNO2/c1-5-18-12-7-6-10(8-11(12)15)9-16-13(17)14(2,3)4/h6-8H,5,9H2,1-4H3,(H,16,17). The summed E-state index contributed by atoms with van der Waals surface area (Å²) in [4.78, 5) is 11.7. The van der Waals surface area contributed by atoms with Gasteiger partial charge in [-0.1, -0.05) is 26.8 Å². The topological polar surface area (TPSA) is 38.3 Å². The molecule has 0 unspecified atom stereocenters. The third-order valence-electron chi connectivity index (χ3n) is 2.43. The molecule has 1 aromatic rings. The number of halogens is 1. The Morgan fingerprint density at radius 2 is 2.06 bits per heavy atom. The Morgan fingerprint density at radius 1 is 1.39 bits per heavy atom. The van der Waals surface area contributed by atoms with E-state index in [1.165, 1.54) is 6.07 Å². The quantitative estimate of drug-likeness (QED) is 0.896. The van der Waals surface area contributed by atoms with E-state index in [9.17, 15) is 9.18 Å². The molecule has 0 saturated carbocycles. The van der Waals surface area contributed by atoms with Gasteiger partial charge in [0.25, 0.3) is 0 Å². The van der Waals surface area contributed by atoms with Crippen molar-refractivity contribution in [2.75, 3.05) is 6.61 Å². The van der Waals surface area contributed by atoms with Crippen molar-refractivity contribution in [1.29, 1.82) is 0 Å². The lowest BCUT2D eigenvalue weighted by atomic mass is 9.95. The number of benzene rings is 1. The van der Waals surface area contributed by atoms with Crippen molar-refractivity contribution < 1.29 is 13.9 Å². The first-order chi connectivity index (χ1) is 8.34. The van der Waals surface area contributed by atoms with Gasteiger partial charge in [-0.25, -0.2) is 4.39 Å². The van der Waals surface area contributed by atoms with Gasteiger partial charge in [-0.15, -0.1) is 0 Å². The normalized spacial score (nSPS) is 11.2. The van der Waals surface area contributed by atoms with E-state index in [1.807, 2.05) is 20.8 Å². The van der Waals surface area contributed by atoms with Gasteiger partial charge >= 0.3 is 0 Å². The van der Waals surface area contributed by atoms with E-state index in [4.69, 9.17) is 4.74 Å². The molecule has 0 spiro atoms. The highest BCUT2D eigenvalue weighted by molar-refractivity contribution is 5.81. The minimum absolute atomic E-state index is 0.0585. The summed E-state index contributed by atoms with van der Waals surface area (Å²) in [5.41, 5.74) is 0.276. The number of carbonyl (C=O) groups excluding carboxylic acids is 1. The van der Waals surface area contributed by atoms with Gasteiger partial charge in [0.1, 0.15) is 0 Å². The molecule has 1 N–H and O–H groups in total. The minimum atomic E-state index is -0.441. The van der Waals surface area contributed by atoms with Crippen molar-refractivity contribution in [1.82, 2.24) is 5.32 Å². The second-order valence-electron chi connectivity index (χ2n) is 5.13. The fourth-order valence-electron chi connectivity index (χ4n) is 1.37. The molecular weight excluding hydrogens is 233 g/mol. The van der Waals surface area contributed by atoms with E-state index < -0.39 is 11.2 Å². The summed E-state index contributed by atoms with van der Waals surface area (Å²) in [7, 11) is 0. The Hall–Kier alpha value is -1.58. The Morgan fingerprint density at radius 3 is 2.56 bits per heavy atom. The molecule has 18 heavy (non-hydrogen) atoms. The number of nitrogens with one attached hydrogen (secondary N) is 1. The fourth-order valence-corrected chi connectivity index (χ4v) is 1.37. The summed E-state index contributed by atoms with van der Waals surface area (Å²) in [6.07, 6.45) is 0. The second-order valence-corrected chi connectivity index (χ2v) is 5.13. The van der Waals surface area contributed by atoms with E-state index in [-0.39, 0.29) is 11.7 Å². The number of hydrogen-bond donors (Lipinski definition) is 1. The first kappa shape index (κ1) is 14.5. The van der Waals surface area contributed by atoms with Gasteiger partial charge in [0.15, 0.2) is 11.6 Å². The van der Waals surface area contributed by atoms with Crippen molar-refractivity contribution in [3.8, 4) is 5.75 Å². The van der Waals surface area contributed by atoms with Crippen molar-refractivity contribution in [3.05, 3.63) is 29.6 Å².